The summed E-state index contributed by atoms with van der Waals surface area (Å²) in [6.07, 6.45) is 3.06. The molecule has 0 amide bonds. The molecule has 0 aliphatic carbocycles. The summed E-state index contributed by atoms with van der Waals surface area (Å²) < 4.78 is 0. The first kappa shape index (κ1) is 15.6. The van der Waals surface area contributed by atoms with Crippen molar-refractivity contribution in [2.75, 3.05) is 5.32 Å². The van der Waals surface area contributed by atoms with Gasteiger partial charge in [-0.2, -0.15) is 0 Å². The molecule has 21 heavy (non-hydrogen) atoms. The van der Waals surface area contributed by atoms with Crippen LogP contribution in [-0.4, -0.2) is 5.78 Å². The average molecular weight is 320 g/mol. The van der Waals surface area contributed by atoms with Gasteiger partial charge in [0.2, 0.25) is 0 Å². The fourth-order valence-electron chi connectivity index (χ4n) is 1.91. The van der Waals surface area contributed by atoms with E-state index in [2.05, 4.69) is 5.32 Å². The second-order valence-corrected chi connectivity index (χ2v) is 5.63. The zero-order valence-corrected chi connectivity index (χ0v) is 13.3. The van der Waals surface area contributed by atoms with E-state index in [4.69, 9.17) is 23.2 Å². The molecule has 0 saturated carbocycles. The lowest BCUT2D eigenvalue weighted by atomic mass is 10.0. The van der Waals surface area contributed by atoms with Gasteiger partial charge >= 0.3 is 0 Å². The minimum absolute atomic E-state index is 0.0538. The van der Waals surface area contributed by atoms with E-state index >= 15 is 0 Å². The van der Waals surface area contributed by atoms with Crippen molar-refractivity contribution in [2.45, 2.75) is 13.8 Å². The van der Waals surface area contributed by atoms with Gasteiger partial charge in [-0.05, 0) is 43.7 Å². The zero-order valence-electron chi connectivity index (χ0n) is 11.8. The largest absolute Gasteiger partial charge is 0.360 e. The molecule has 0 aliphatic heterocycles. The molecule has 108 valence electrons. The lowest BCUT2D eigenvalue weighted by Crippen LogP contribution is -2.00. The SMILES string of the molecule is Cc1ccc(C)c(C(=O)/C=C/Nc2cc(Cl)ccc2Cl)c1. The van der Waals surface area contributed by atoms with Gasteiger partial charge in [-0.1, -0.05) is 40.9 Å². The standard InChI is InChI=1S/C17H15Cl2NO/c1-11-3-4-12(2)14(9-11)17(21)7-8-20-16-10-13(18)5-6-15(16)19/h3-10,20H,1-2H3/b8-7+. The number of nitrogens with one attached hydrogen (secondary N) is 1. The number of allylic oxidation sites excluding steroid dienone is 1. The average Bonchev–Trinajstić information content (AvgIpc) is 2.45. The van der Waals surface area contributed by atoms with Gasteiger partial charge in [-0.15, -0.1) is 0 Å². The van der Waals surface area contributed by atoms with Gasteiger partial charge in [0, 0.05) is 22.9 Å². The van der Waals surface area contributed by atoms with Crippen LogP contribution in [0.25, 0.3) is 0 Å². The van der Waals surface area contributed by atoms with Crippen LogP contribution in [-0.2, 0) is 0 Å². The fourth-order valence-corrected chi connectivity index (χ4v) is 2.25. The minimum Gasteiger partial charge on any atom is -0.360 e. The number of hydrogen-bond donors (Lipinski definition) is 1. The Bertz CT molecular complexity index is 708. The first-order chi connectivity index (χ1) is 9.97. The highest BCUT2D eigenvalue weighted by Gasteiger charge is 2.06. The van der Waals surface area contributed by atoms with Gasteiger partial charge in [-0.25, -0.2) is 0 Å². The van der Waals surface area contributed by atoms with Crippen LogP contribution in [0, 0.1) is 13.8 Å². The molecule has 2 rings (SSSR count). The zero-order chi connectivity index (χ0) is 15.4. The summed E-state index contributed by atoms with van der Waals surface area (Å²) in [6, 6.07) is 10.9. The van der Waals surface area contributed by atoms with E-state index in [-0.39, 0.29) is 5.78 Å². The second-order valence-electron chi connectivity index (χ2n) is 4.78. The first-order valence-electron chi connectivity index (χ1n) is 6.47. The molecule has 4 heteroatoms. The van der Waals surface area contributed by atoms with E-state index < -0.39 is 0 Å². The summed E-state index contributed by atoms with van der Waals surface area (Å²) in [5.74, 6) is -0.0538. The normalized spacial score (nSPS) is 10.9. The van der Waals surface area contributed by atoms with Crippen molar-refractivity contribution >= 4 is 34.7 Å². The molecule has 0 aromatic heterocycles. The Morgan fingerprint density at radius 1 is 1.10 bits per heavy atom. The Morgan fingerprint density at radius 3 is 2.62 bits per heavy atom. The highest BCUT2D eigenvalue weighted by Crippen LogP contribution is 2.25. The second kappa shape index (κ2) is 6.79. The number of carbonyl (C=O) groups is 1. The van der Waals surface area contributed by atoms with E-state index in [1.165, 1.54) is 6.08 Å². The van der Waals surface area contributed by atoms with E-state index in [0.717, 1.165) is 11.1 Å². The van der Waals surface area contributed by atoms with Crippen molar-refractivity contribution in [3.8, 4) is 0 Å². The van der Waals surface area contributed by atoms with Gasteiger partial charge in [0.05, 0.1) is 10.7 Å². The van der Waals surface area contributed by atoms with E-state index in [0.29, 0.717) is 21.3 Å². The maximum Gasteiger partial charge on any atom is 0.187 e. The van der Waals surface area contributed by atoms with Crippen molar-refractivity contribution in [1.29, 1.82) is 0 Å². The molecule has 0 bridgehead atoms. The number of benzene rings is 2. The lowest BCUT2D eigenvalue weighted by molar-refractivity contribution is 0.104. The number of halogens is 2. The molecule has 0 heterocycles. The molecule has 2 aromatic rings. The quantitative estimate of drug-likeness (QED) is 0.602. The molecule has 2 aromatic carbocycles. The summed E-state index contributed by atoms with van der Waals surface area (Å²) in [4.78, 5) is 12.2. The lowest BCUT2D eigenvalue weighted by Gasteiger charge is -2.05. The van der Waals surface area contributed by atoms with Crippen LogP contribution in [0.2, 0.25) is 10.0 Å². The molecule has 2 nitrogen and oxygen atoms in total. The topological polar surface area (TPSA) is 29.1 Å². The molecule has 0 aliphatic rings. The maximum absolute atomic E-state index is 12.2. The summed E-state index contributed by atoms with van der Waals surface area (Å²) >= 11 is 11.9. The van der Waals surface area contributed by atoms with Crippen LogP contribution in [0.1, 0.15) is 21.5 Å². The van der Waals surface area contributed by atoms with Crippen LogP contribution in [0.4, 0.5) is 5.69 Å². The smallest absolute Gasteiger partial charge is 0.187 e. The first-order valence-corrected chi connectivity index (χ1v) is 7.22. The van der Waals surface area contributed by atoms with Gasteiger partial charge < -0.3 is 5.32 Å². The molecular formula is C17H15Cl2NO. The van der Waals surface area contributed by atoms with E-state index in [9.17, 15) is 4.79 Å². The highest BCUT2D eigenvalue weighted by molar-refractivity contribution is 6.35. The minimum atomic E-state index is -0.0538. The summed E-state index contributed by atoms with van der Waals surface area (Å²) in [5, 5.41) is 4.10. The highest BCUT2D eigenvalue weighted by atomic mass is 35.5. The van der Waals surface area contributed by atoms with Crippen LogP contribution in [0.5, 0.6) is 0 Å². The van der Waals surface area contributed by atoms with Crippen LogP contribution >= 0.6 is 23.2 Å². The van der Waals surface area contributed by atoms with Crippen molar-refractivity contribution in [2.24, 2.45) is 0 Å². The van der Waals surface area contributed by atoms with Crippen LogP contribution in [0.3, 0.4) is 0 Å². The predicted octanol–water partition coefficient (Wildman–Crippen LogP) is 5.42. The molecule has 1 N–H and O–H groups in total. The third kappa shape index (κ3) is 4.10. The van der Waals surface area contributed by atoms with Gasteiger partial charge in [-0.3, -0.25) is 4.79 Å². The molecule has 0 atom stereocenters. The molecule has 0 fully saturated rings. The van der Waals surface area contributed by atoms with Crippen LogP contribution < -0.4 is 5.32 Å². The van der Waals surface area contributed by atoms with Crippen molar-refractivity contribution in [3.63, 3.8) is 0 Å². The summed E-state index contributed by atoms with van der Waals surface area (Å²) in [5.41, 5.74) is 3.37. The number of hydrogen-bond acceptors (Lipinski definition) is 2. The third-order valence-corrected chi connectivity index (χ3v) is 3.63. The molecule has 0 spiro atoms. The third-order valence-electron chi connectivity index (χ3n) is 3.06. The predicted molar refractivity (Wildman–Crippen MR) is 89.5 cm³/mol. The molecule has 0 radical (unpaired) electrons. The van der Waals surface area contributed by atoms with Crippen molar-refractivity contribution < 1.29 is 4.79 Å². The fraction of sp³-hybridized carbons (Fsp3) is 0.118. The Labute approximate surface area is 134 Å². The number of anilines is 1. The summed E-state index contributed by atoms with van der Waals surface area (Å²) in [7, 11) is 0. The molecular weight excluding hydrogens is 305 g/mol. The van der Waals surface area contributed by atoms with Gasteiger partial charge in [0.1, 0.15) is 0 Å². The summed E-state index contributed by atoms with van der Waals surface area (Å²) in [6.45, 7) is 3.88. The van der Waals surface area contributed by atoms with Crippen molar-refractivity contribution in [3.05, 3.63) is 75.4 Å². The molecule has 0 unspecified atom stereocenters. The van der Waals surface area contributed by atoms with Gasteiger partial charge in [0.15, 0.2) is 5.78 Å². The Kier molecular flexibility index (Phi) is 5.05. The Hall–Kier alpha value is -1.77. The number of ketones is 1. The van der Waals surface area contributed by atoms with Gasteiger partial charge in [0.25, 0.3) is 0 Å². The Morgan fingerprint density at radius 2 is 1.86 bits per heavy atom. The van der Waals surface area contributed by atoms with Crippen LogP contribution in [0.15, 0.2) is 48.7 Å². The van der Waals surface area contributed by atoms with Crippen molar-refractivity contribution in [1.82, 2.24) is 0 Å². The Balaban J connectivity index is 2.12. The monoisotopic (exact) mass is 319 g/mol. The van der Waals surface area contributed by atoms with E-state index in [1.54, 1.807) is 24.4 Å². The maximum atomic E-state index is 12.2. The molecule has 0 saturated heterocycles. The number of rotatable bonds is 4. The number of aryl methyl sites for hydroxylation is 2. The van der Waals surface area contributed by atoms with E-state index in [1.807, 2.05) is 32.0 Å². The number of carbonyl (C=O) groups excluding carboxylic acids is 1.